The van der Waals surface area contributed by atoms with Gasteiger partial charge in [0.05, 0.1) is 5.75 Å². The summed E-state index contributed by atoms with van der Waals surface area (Å²) in [6.45, 7) is 6.02. The molecule has 0 aromatic rings. The molecular formula is C14H27NO3S. The molecule has 1 aliphatic rings. The van der Waals surface area contributed by atoms with E-state index in [0.717, 1.165) is 13.1 Å². The number of Topliss-reactive ketones (excluding diaryl/α,β-unsaturated/α-hetero) is 1. The zero-order chi connectivity index (χ0) is 14.3. The molecule has 0 aromatic carbocycles. The molecule has 2 atom stereocenters. The van der Waals surface area contributed by atoms with E-state index in [1.165, 1.54) is 12.8 Å². The molecule has 1 aliphatic heterocycles. The lowest BCUT2D eigenvalue weighted by Gasteiger charge is -2.28. The molecule has 0 bridgehead atoms. The third-order valence-corrected chi connectivity index (χ3v) is 5.75. The van der Waals surface area contributed by atoms with E-state index in [9.17, 15) is 13.2 Å². The van der Waals surface area contributed by atoms with Gasteiger partial charge in [0.25, 0.3) is 0 Å². The van der Waals surface area contributed by atoms with E-state index < -0.39 is 9.84 Å². The highest BCUT2D eigenvalue weighted by atomic mass is 32.2. The Kier molecular flexibility index (Phi) is 7.00. The average molecular weight is 289 g/mol. The smallest absolute Gasteiger partial charge is 0.150 e. The molecule has 19 heavy (non-hydrogen) atoms. The third-order valence-electron chi connectivity index (χ3n) is 3.90. The Morgan fingerprint density at radius 3 is 2.68 bits per heavy atom. The number of hydrogen-bond donors (Lipinski definition) is 1. The van der Waals surface area contributed by atoms with Crippen molar-refractivity contribution in [3.8, 4) is 0 Å². The molecule has 1 heterocycles. The summed E-state index contributed by atoms with van der Waals surface area (Å²) in [4.78, 5) is 11.9. The Morgan fingerprint density at radius 1 is 1.37 bits per heavy atom. The van der Waals surface area contributed by atoms with Crippen LogP contribution in [0.5, 0.6) is 0 Å². The van der Waals surface area contributed by atoms with Gasteiger partial charge in [0, 0.05) is 18.6 Å². The maximum Gasteiger partial charge on any atom is 0.150 e. The summed E-state index contributed by atoms with van der Waals surface area (Å²) in [5.74, 6) is 1.23. The molecule has 0 spiro atoms. The molecule has 1 fully saturated rings. The maximum atomic E-state index is 11.9. The van der Waals surface area contributed by atoms with Gasteiger partial charge in [-0.2, -0.15) is 0 Å². The van der Waals surface area contributed by atoms with Gasteiger partial charge in [-0.3, -0.25) is 4.79 Å². The van der Waals surface area contributed by atoms with Crippen molar-refractivity contribution in [2.24, 2.45) is 11.8 Å². The highest BCUT2D eigenvalue weighted by molar-refractivity contribution is 7.91. The summed E-state index contributed by atoms with van der Waals surface area (Å²) in [6.07, 6.45) is 3.69. The molecule has 0 saturated carbocycles. The van der Waals surface area contributed by atoms with E-state index in [0.29, 0.717) is 24.7 Å². The predicted molar refractivity (Wildman–Crippen MR) is 77.9 cm³/mol. The first-order valence-electron chi connectivity index (χ1n) is 7.37. The van der Waals surface area contributed by atoms with Crippen LogP contribution in [0.3, 0.4) is 0 Å². The van der Waals surface area contributed by atoms with Crippen molar-refractivity contribution in [3.63, 3.8) is 0 Å². The molecule has 0 aliphatic carbocycles. The standard InChI is InChI=1S/C14H27NO3S/c1-3-8-19(17,18)9-6-14(16)10-12(2)13-5-4-7-15-11-13/h12-13,15H,3-11H2,1-2H3. The summed E-state index contributed by atoms with van der Waals surface area (Å²) in [5.41, 5.74) is 0. The second kappa shape index (κ2) is 8.00. The summed E-state index contributed by atoms with van der Waals surface area (Å²) in [6, 6.07) is 0. The van der Waals surface area contributed by atoms with Gasteiger partial charge in [0.15, 0.2) is 9.84 Å². The van der Waals surface area contributed by atoms with Crippen molar-refractivity contribution >= 4 is 15.6 Å². The number of nitrogens with one attached hydrogen (secondary N) is 1. The number of rotatable bonds is 8. The first kappa shape index (κ1) is 16.6. The minimum Gasteiger partial charge on any atom is -0.316 e. The van der Waals surface area contributed by atoms with Crippen LogP contribution >= 0.6 is 0 Å². The van der Waals surface area contributed by atoms with Gasteiger partial charge in [-0.1, -0.05) is 13.8 Å². The SMILES string of the molecule is CCCS(=O)(=O)CCC(=O)CC(C)C1CCCNC1. The fourth-order valence-corrected chi connectivity index (χ4v) is 4.04. The predicted octanol–water partition coefficient (Wildman–Crippen LogP) is 1.80. The Labute approximate surface area is 117 Å². The molecule has 4 nitrogen and oxygen atoms in total. The lowest BCUT2D eigenvalue weighted by Crippen LogP contribution is -2.34. The number of hydrogen-bond acceptors (Lipinski definition) is 4. The lowest BCUT2D eigenvalue weighted by atomic mass is 9.84. The molecule has 2 unspecified atom stereocenters. The zero-order valence-corrected chi connectivity index (χ0v) is 13.0. The van der Waals surface area contributed by atoms with E-state index in [-0.39, 0.29) is 23.7 Å². The summed E-state index contributed by atoms with van der Waals surface area (Å²) in [5, 5.41) is 3.35. The van der Waals surface area contributed by atoms with E-state index >= 15 is 0 Å². The monoisotopic (exact) mass is 289 g/mol. The Hall–Kier alpha value is -0.420. The Bertz CT molecular complexity index is 372. The van der Waals surface area contributed by atoms with Crippen molar-refractivity contribution in [3.05, 3.63) is 0 Å². The van der Waals surface area contributed by atoms with Crippen LogP contribution in [0.25, 0.3) is 0 Å². The van der Waals surface area contributed by atoms with Crippen LogP contribution in [0.15, 0.2) is 0 Å². The number of carbonyl (C=O) groups excluding carboxylic acids is 1. The van der Waals surface area contributed by atoms with E-state index in [1.54, 1.807) is 0 Å². The maximum absolute atomic E-state index is 11.9. The molecule has 1 saturated heterocycles. The number of piperidine rings is 1. The summed E-state index contributed by atoms with van der Waals surface area (Å²) < 4.78 is 23.1. The normalized spacial score (nSPS) is 22.1. The Morgan fingerprint density at radius 2 is 2.11 bits per heavy atom. The number of sulfone groups is 1. The van der Waals surface area contributed by atoms with Gasteiger partial charge < -0.3 is 5.32 Å². The van der Waals surface area contributed by atoms with E-state index in [4.69, 9.17) is 0 Å². The van der Waals surface area contributed by atoms with Gasteiger partial charge in [-0.15, -0.1) is 0 Å². The second-order valence-electron chi connectivity index (χ2n) is 5.73. The molecule has 1 rings (SSSR count). The molecule has 1 N–H and O–H groups in total. The minimum absolute atomic E-state index is 0.0231. The van der Waals surface area contributed by atoms with Gasteiger partial charge in [-0.25, -0.2) is 8.42 Å². The van der Waals surface area contributed by atoms with E-state index in [2.05, 4.69) is 12.2 Å². The van der Waals surface area contributed by atoms with Crippen molar-refractivity contribution in [2.45, 2.75) is 46.0 Å². The van der Waals surface area contributed by atoms with Crippen LogP contribution < -0.4 is 5.32 Å². The van der Waals surface area contributed by atoms with Gasteiger partial charge >= 0.3 is 0 Å². The van der Waals surface area contributed by atoms with Crippen molar-refractivity contribution in [2.75, 3.05) is 24.6 Å². The van der Waals surface area contributed by atoms with E-state index in [1.807, 2.05) is 6.92 Å². The van der Waals surface area contributed by atoms with Crippen LogP contribution in [-0.4, -0.2) is 38.8 Å². The number of carbonyl (C=O) groups is 1. The highest BCUT2D eigenvalue weighted by Gasteiger charge is 2.22. The topological polar surface area (TPSA) is 63.2 Å². The molecule has 0 radical (unpaired) electrons. The van der Waals surface area contributed by atoms with Crippen LogP contribution in [0.1, 0.15) is 46.0 Å². The quantitative estimate of drug-likeness (QED) is 0.740. The molecule has 0 amide bonds. The molecule has 5 heteroatoms. The van der Waals surface area contributed by atoms with Crippen molar-refractivity contribution < 1.29 is 13.2 Å². The highest BCUT2D eigenvalue weighted by Crippen LogP contribution is 2.23. The first-order chi connectivity index (χ1) is 8.94. The van der Waals surface area contributed by atoms with Crippen LogP contribution in [-0.2, 0) is 14.6 Å². The fourth-order valence-electron chi connectivity index (χ4n) is 2.67. The first-order valence-corrected chi connectivity index (χ1v) is 9.19. The van der Waals surface area contributed by atoms with Crippen molar-refractivity contribution in [1.82, 2.24) is 5.32 Å². The van der Waals surface area contributed by atoms with Crippen LogP contribution in [0.2, 0.25) is 0 Å². The van der Waals surface area contributed by atoms with Crippen molar-refractivity contribution in [1.29, 1.82) is 0 Å². The second-order valence-corrected chi connectivity index (χ2v) is 8.03. The zero-order valence-electron chi connectivity index (χ0n) is 12.2. The third kappa shape index (κ3) is 6.52. The average Bonchev–Trinajstić information content (AvgIpc) is 2.37. The van der Waals surface area contributed by atoms with Gasteiger partial charge in [0.1, 0.15) is 5.78 Å². The van der Waals surface area contributed by atoms with Crippen LogP contribution in [0, 0.1) is 11.8 Å². The van der Waals surface area contributed by atoms with Gasteiger partial charge in [0.2, 0.25) is 0 Å². The Balaban J connectivity index is 2.30. The minimum atomic E-state index is -3.02. The lowest BCUT2D eigenvalue weighted by molar-refractivity contribution is -0.119. The largest absolute Gasteiger partial charge is 0.316 e. The molecule has 0 aromatic heterocycles. The van der Waals surface area contributed by atoms with Gasteiger partial charge in [-0.05, 0) is 44.2 Å². The summed E-state index contributed by atoms with van der Waals surface area (Å²) >= 11 is 0. The molecule has 112 valence electrons. The fraction of sp³-hybridized carbons (Fsp3) is 0.929. The number of ketones is 1. The summed E-state index contributed by atoms with van der Waals surface area (Å²) in [7, 11) is -3.02. The molecular weight excluding hydrogens is 262 g/mol. The van der Waals surface area contributed by atoms with Crippen LogP contribution in [0.4, 0.5) is 0 Å².